The predicted molar refractivity (Wildman–Crippen MR) is 131 cm³/mol. The van der Waals surface area contributed by atoms with Crippen LogP contribution in [0.2, 0.25) is 0 Å². The Labute approximate surface area is 201 Å². The third-order valence-electron chi connectivity index (χ3n) is 6.05. The van der Waals surface area contributed by atoms with E-state index >= 15 is 0 Å². The molecule has 0 aliphatic carbocycles. The summed E-state index contributed by atoms with van der Waals surface area (Å²) in [7, 11) is 6.69. The Bertz CT molecular complexity index is 991. The van der Waals surface area contributed by atoms with Crippen LogP contribution in [0.1, 0.15) is 22.3 Å². The number of ether oxygens (including phenoxy) is 6. The van der Waals surface area contributed by atoms with Gasteiger partial charge in [0.25, 0.3) is 0 Å². The van der Waals surface area contributed by atoms with E-state index in [1.807, 2.05) is 12.1 Å². The largest absolute Gasteiger partial charge is 0.497 e. The van der Waals surface area contributed by atoms with Crippen molar-refractivity contribution in [3.63, 3.8) is 0 Å². The average molecular weight is 465 g/mol. The molecule has 1 heterocycles. The average Bonchev–Trinajstić information content (AvgIpc) is 2.89. The zero-order chi connectivity index (χ0) is 23.9. The van der Waals surface area contributed by atoms with Gasteiger partial charge in [-0.25, -0.2) is 0 Å². The summed E-state index contributed by atoms with van der Waals surface area (Å²) in [6.45, 7) is 1.14. The molecule has 0 radical (unpaired) electrons. The normalized spacial score (nSPS) is 12.2. The topological polar surface area (TPSA) is 55.4 Å². The minimum absolute atomic E-state index is 0.572. The Kier molecular flexibility index (Phi) is 7.68. The Morgan fingerprint density at radius 2 is 0.853 bits per heavy atom. The molecular formula is C28H32O6. The van der Waals surface area contributed by atoms with Gasteiger partial charge in [-0.05, 0) is 84.3 Å². The maximum Gasteiger partial charge on any atom is 0.161 e. The third-order valence-corrected chi connectivity index (χ3v) is 6.05. The van der Waals surface area contributed by atoms with Crippen LogP contribution in [0.3, 0.4) is 0 Å². The van der Waals surface area contributed by atoms with Gasteiger partial charge in [0.1, 0.15) is 36.2 Å². The van der Waals surface area contributed by atoms with Crippen LogP contribution in [-0.2, 0) is 25.7 Å². The van der Waals surface area contributed by atoms with Gasteiger partial charge in [-0.2, -0.15) is 0 Å². The van der Waals surface area contributed by atoms with Crippen molar-refractivity contribution in [2.24, 2.45) is 0 Å². The van der Waals surface area contributed by atoms with Gasteiger partial charge in [0.05, 0.1) is 28.4 Å². The number of fused-ring (bicyclic) bond motifs is 1. The summed E-state index contributed by atoms with van der Waals surface area (Å²) < 4.78 is 33.5. The quantitative estimate of drug-likeness (QED) is 0.418. The van der Waals surface area contributed by atoms with Gasteiger partial charge >= 0.3 is 0 Å². The molecule has 6 nitrogen and oxygen atoms in total. The second-order valence-electron chi connectivity index (χ2n) is 8.21. The van der Waals surface area contributed by atoms with Crippen molar-refractivity contribution in [3.05, 3.63) is 70.8 Å². The number of methoxy groups -OCH3 is 4. The summed E-state index contributed by atoms with van der Waals surface area (Å²) in [5, 5.41) is 0. The Balaban J connectivity index is 1.57. The zero-order valence-electron chi connectivity index (χ0n) is 20.3. The number of hydrogen-bond acceptors (Lipinski definition) is 6. The molecule has 1 aliphatic rings. The summed E-state index contributed by atoms with van der Waals surface area (Å²) in [6, 6.07) is 16.3. The van der Waals surface area contributed by atoms with E-state index in [0.29, 0.717) is 13.2 Å². The van der Waals surface area contributed by atoms with Crippen LogP contribution >= 0.6 is 0 Å². The van der Waals surface area contributed by atoms with E-state index in [9.17, 15) is 0 Å². The molecule has 0 spiro atoms. The van der Waals surface area contributed by atoms with Crippen molar-refractivity contribution >= 4 is 0 Å². The predicted octanol–water partition coefficient (Wildman–Crippen LogP) is 5.06. The highest BCUT2D eigenvalue weighted by Gasteiger charge is 2.16. The van der Waals surface area contributed by atoms with Crippen LogP contribution in [-0.4, -0.2) is 41.7 Å². The number of benzene rings is 3. The van der Waals surface area contributed by atoms with Crippen LogP contribution in [0, 0.1) is 0 Å². The first-order valence-corrected chi connectivity index (χ1v) is 11.5. The molecule has 3 aromatic carbocycles. The highest BCUT2D eigenvalue weighted by molar-refractivity contribution is 5.49. The van der Waals surface area contributed by atoms with Gasteiger partial charge < -0.3 is 28.4 Å². The van der Waals surface area contributed by atoms with Crippen LogP contribution < -0.4 is 28.4 Å². The lowest BCUT2D eigenvalue weighted by Gasteiger charge is -2.21. The van der Waals surface area contributed by atoms with E-state index in [4.69, 9.17) is 28.4 Å². The van der Waals surface area contributed by atoms with Crippen molar-refractivity contribution < 1.29 is 28.4 Å². The van der Waals surface area contributed by atoms with E-state index < -0.39 is 0 Å². The van der Waals surface area contributed by atoms with Gasteiger partial charge in [0.2, 0.25) is 0 Å². The molecule has 0 atom stereocenters. The second-order valence-corrected chi connectivity index (χ2v) is 8.21. The SMILES string of the molecule is COc1cc(CCc2cc3c(cc2CCc2cc(OC)cc(OC)c2)OCCO3)cc(OC)c1. The van der Waals surface area contributed by atoms with Gasteiger partial charge in [-0.1, -0.05) is 0 Å². The highest BCUT2D eigenvalue weighted by atomic mass is 16.6. The van der Waals surface area contributed by atoms with Crippen LogP contribution in [0.5, 0.6) is 34.5 Å². The van der Waals surface area contributed by atoms with Gasteiger partial charge in [-0.15, -0.1) is 0 Å². The fourth-order valence-electron chi connectivity index (χ4n) is 4.22. The first kappa shape index (κ1) is 23.6. The highest BCUT2D eigenvalue weighted by Crippen LogP contribution is 2.35. The van der Waals surface area contributed by atoms with E-state index in [1.54, 1.807) is 28.4 Å². The van der Waals surface area contributed by atoms with Crippen LogP contribution in [0.4, 0.5) is 0 Å². The standard InChI is InChI=1S/C28H32O6/c1-29-23-11-19(12-24(17-23)30-2)5-7-21-15-27-28(34-10-9-33-27)16-22(21)8-6-20-13-25(31-3)18-26(14-20)32-4/h11-18H,5-10H2,1-4H3. The van der Waals surface area contributed by atoms with Crippen molar-refractivity contribution in [1.82, 2.24) is 0 Å². The molecule has 0 aromatic heterocycles. The number of aryl methyl sites for hydroxylation is 4. The summed E-state index contributed by atoms with van der Waals surface area (Å²) >= 11 is 0. The minimum Gasteiger partial charge on any atom is -0.497 e. The fraction of sp³-hybridized carbons (Fsp3) is 0.357. The molecule has 0 unspecified atom stereocenters. The molecular weight excluding hydrogens is 432 g/mol. The van der Waals surface area contributed by atoms with Gasteiger partial charge in [0, 0.05) is 12.1 Å². The Morgan fingerprint density at radius 3 is 1.18 bits per heavy atom. The fourth-order valence-corrected chi connectivity index (χ4v) is 4.22. The van der Waals surface area contributed by atoms with E-state index in [0.717, 1.165) is 71.3 Å². The molecule has 34 heavy (non-hydrogen) atoms. The van der Waals surface area contributed by atoms with Crippen LogP contribution in [0.25, 0.3) is 0 Å². The monoisotopic (exact) mass is 464 g/mol. The first-order chi connectivity index (χ1) is 16.6. The lowest BCUT2D eigenvalue weighted by molar-refractivity contribution is 0.171. The summed E-state index contributed by atoms with van der Waals surface area (Å²) in [5.74, 6) is 4.81. The molecule has 180 valence electrons. The van der Waals surface area contributed by atoms with E-state index in [2.05, 4.69) is 36.4 Å². The maximum atomic E-state index is 5.87. The Morgan fingerprint density at radius 1 is 0.500 bits per heavy atom. The number of hydrogen-bond donors (Lipinski definition) is 0. The summed E-state index contributed by atoms with van der Waals surface area (Å²) in [4.78, 5) is 0. The van der Waals surface area contributed by atoms with Crippen LogP contribution in [0.15, 0.2) is 48.5 Å². The molecule has 4 rings (SSSR count). The molecule has 3 aromatic rings. The van der Waals surface area contributed by atoms with Gasteiger partial charge in [0.15, 0.2) is 11.5 Å². The molecule has 0 fully saturated rings. The first-order valence-electron chi connectivity index (χ1n) is 11.5. The maximum absolute atomic E-state index is 5.87. The van der Waals surface area contributed by atoms with Crippen molar-refractivity contribution in [1.29, 1.82) is 0 Å². The van der Waals surface area contributed by atoms with E-state index in [-0.39, 0.29) is 0 Å². The molecule has 0 saturated carbocycles. The lowest BCUT2D eigenvalue weighted by Crippen LogP contribution is -2.16. The molecule has 1 aliphatic heterocycles. The minimum atomic E-state index is 0.572. The number of rotatable bonds is 10. The second kappa shape index (κ2) is 11.1. The van der Waals surface area contributed by atoms with Crippen molar-refractivity contribution in [2.45, 2.75) is 25.7 Å². The van der Waals surface area contributed by atoms with E-state index in [1.165, 1.54) is 11.1 Å². The molecule has 0 amide bonds. The van der Waals surface area contributed by atoms with Gasteiger partial charge in [-0.3, -0.25) is 0 Å². The molecule has 0 bridgehead atoms. The summed E-state index contributed by atoms with van der Waals surface area (Å²) in [5.41, 5.74) is 4.82. The molecule has 6 heteroatoms. The summed E-state index contributed by atoms with van der Waals surface area (Å²) in [6.07, 6.45) is 3.44. The smallest absolute Gasteiger partial charge is 0.161 e. The Hall–Kier alpha value is -3.54. The third kappa shape index (κ3) is 5.68. The molecule has 0 N–H and O–H groups in total. The molecule has 0 saturated heterocycles. The zero-order valence-corrected chi connectivity index (χ0v) is 20.3. The lowest BCUT2D eigenvalue weighted by atomic mass is 9.94. The van der Waals surface area contributed by atoms with Crippen molar-refractivity contribution in [2.75, 3.05) is 41.7 Å². The van der Waals surface area contributed by atoms with Crippen molar-refractivity contribution in [3.8, 4) is 34.5 Å².